The molecule has 1 aromatic carbocycles. The molecule has 1 N–H and O–H groups in total. The molecule has 21 heavy (non-hydrogen) atoms. The van der Waals surface area contributed by atoms with Gasteiger partial charge in [0.2, 0.25) is 0 Å². The smallest absolute Gasteiger partial charge is 0.0660 e. The molecule has 4 nitrogen and oxygen atoms in total. The van der Waals surface area contributed by atoms with Gasteiger partial charge in [0.25, 0.3) is 0 Å². The summed E-state index contributed by atoms with van der Waals surface area (Å²) in [7, 11) is 0. The van der Waals surface area contributed by atoms with Gasteiger partial charge in [-0.25, -0.2) is 0 Å². The minimum atomic E-state index is 0.799. The summed E-state index contributed by atoms with van der Waals surface area (Å²) in [5.41, 5.74) is 3.69. The lowest BCUT2D eigenvalue weighted by Gasteiger charge is -2.10. The summed E-state index contributed by atoms with van der Waals surface area (Å²) < 4.78 is 4.18. The number of hydrogen-bond donors (Lipinski definition) is 1. The highest BCUT2D eigenvalue weighted by Crippen LogP contribution is 2.13. The fourth-order valence-electron chi connectivity index (χ4n) is 2.47. The maximum atomic E-state index is 4.24. The lowest BCUT2D eigenvalue weighted by molar-refractivity contribution is 0.687. The Labute approximate surface area is 125 Å². The first-order valence-electron chi connectivity index (χ1n) is 7.29. The summed E-state index contributed by atoms with van der Waals surface area (Å²) in [5.74, 6) is 0. The van der Waals surface area contributed by atoms with Gasteiger partial charge in [-0.3, -0.25) is 4.68 Å². The van der Waals surface area contributed by atoms with Crippen LogP contribution >= 0.6 is 0 Å². The van der Waals surface area contributed by atoms with E-state index in [-0.39, 0.29) is 0 Å². The summed E-state index contributed by atoms with van der Waals surface area (Å²) in [5, 5.41) is 7.73. The van der Waals surface area contributed by atoms with Crippen molar-refractivity contribution in [1.29, 1.82) is 0 Å². The molecule has 0 amide bonds. The van der Waals surface area contributed by atoms with Crippen LogP contribution in [0.1, 0.15) is 18.2 Å². The average molecular weight is 280 g/mol. The van der Waals surface area contributed by atoms with Crippen molar-refractivity contribution in [2.75, 3.05) is 5.32 Å². The molecule has 2 heterocycles. The maximum absolute atomic E-state index is 4.24. The molecule has 0 fully saturated rings. The van der Waals surface area contributed by atoms with Gasteiger partial charge in [-0.1, -0.05) is 12.1 Å². The van der Waals surface area contributed by atoms with Crippen LogP contribution < -0.4 is 5.32 Å². The molecule has 2 aromatic heterocycles. The number of rotatable bonds is 6. The second kappa shape index (κ2) is 6.31. The molecule has 0 spiro atoms. The molecular formula is C17H20N4. The molecule has 0 atom stereocenters. The van der Waals surface area contributed by atoms with E-state index < -0.39 is 0 Å². The Balaban J connectivity index is 1.66. The van der Waals surface area contributed by atoms with Crippen LogP contribution in [0.4, 0.5) is 5.69 Å². The number of nitrogens with zero attached hydrogens (tertiary/aromatic N) is 3. The fraction of sp³-hybridized carbons (Fsp3) is 0.235. The van der Waals surface area contributed by atoms with Crippen LogP contribution in [-0.4, -0.2) is 14.3 Å². The monoisotopic (exact) mass is 280 g/mol. The van der Waals surface area contributed by atoms with Crippen LogP contribution in [0.5, 0.6) is 0 Å². The minimum Gasteiger partial charge on any atom is -0.379 e. The van der Waals surface area contributed by atoms with E-state index in [0.717, 1.165) is 25.3 Å². The molecule has 0 radical (unpaired) electrons. The zero-order valence-electron chi connectivity index (χ0n) is 12.2. The zero-order valence-corrected chi connectivity index (χ0v) is 12.2. The van der Waals surface area contributed by atoms with E-state index in [1.165, 1.54) is 11.3 Å². The van der Waals surface area contributed by atoms with Crippen LogP contribution in [0.15, 0.2) is 61.1 Å². The third-order valence-corrected chi connectivity index (χ3v) is 3.57. The van der Waals surface area contributed by atoms with Gasteiger partial charge in [0.15, 0.2) is 0 Å². The second-order valence-corrected chi connectivity index (χ2v) is 5.04. The topological polar surface area (TPSA) is 34.8 Å². The van der Waals surface area contributed by atoms with Gasteiger partial charge in [0, 0.05) is 36.5 Å². The normalized spacial score (nSPS) is 10.7. The summed E-state index contributed by atoms with van der Waals surface area (Å²) in [6.45, 7) is 4.80. The van der Waals surface area contributed by atoms with Crippen LogP contribution in [0.2, 0.25) is 0 Å². The third-order valence-electron chi connectivity index (χ3n) is 3.57. The Morgan fingerprint density at radius 3 is 2.86 bits per heavy atom. The highest BCUT2D eigenvalue weighted by Gasteiger charge is 2.01. The molecule has 0 aliphatic heterocycles. The van der Waals surface area contributed by atoms with Gasteiger partial charge in [0.1, 0.15) is 0 Å². The maximum Gasteiger partial charge on any atom is 0.0660 e. The summed E-state index contributed by atoms with van der Waals surface area (Å²) >= 11 is 0. The van der Waals surface area contributed by atoms with Crippen molar-refractivity contribution in [1.82, 2.24) is 14.3 Å². The Kier molecular flexibility index (Phi) is 4.05. The van der Waals surface area contributed by atoms with Crippen molar-refractivity contribution in [2.45, 2.75) is 26.6 Å². The predicted octanol–water partition coefficient (Wildman–Crippen LogP) is 3.36. The van der Waals surface area contributed by atoms with Crippen molar-refractivity contribution in [3.63, 3.8) is 0 Å². The highest BCUT2D eigenvalue weighted by molar-refractivity contribution is 5.46. The molecule has 4 heteroatoms. The van der Waals surface area contributed by atoms with E-state index in [4.69, 9.17) is 0 Å². The predicted molar refractivity (Wildman–Crippen MR) is 85.2 cm³/mol. The Hall–Kier alpha value is -2.49. The molecular weight excluding hydrogens is 260 g/mol. The van der Waals surface area contributed by atoms with Crippen LogP contribution in [0.25, 0.3) is 0 Å². The van der Waals surface area contributed by atoms with Gasteiger partial charge < -0.3 is 9.88 Å². The molecule has 3 aromatic rings. The van der Waals surface area contributed by atoms with Crippen molar-refractivity contribution in [3.8, 4) is 0 Å². The van der Waals surface area contributed by atoms with E-state index in [0.29, 0.717) is 0 Å². The Morgan fingerprint density at radius 1 is 1.10 bits per heavy atom. The van der Waals surface area contributed by atoms with Crippen molar-refractivity contribution in [2.24, 2.45) is 0 Å². The quantitative estimate of drug-likeness (QED) is 0.751. The zero-order chi connectivity index (χ0) is 14.5. The first-order valence-corrected chi connectivity index (χ1v) is 7.29. The Bertz CT molecular complexity index is 682. The van der Waals surface area contributed by atoms with Gasteiger partial charge in [0.05, 0.1) is 13.1 Å². The number of aromatic nitrogens is 3. The van der Waals surface area contributed by atoms with Gasteiger partial charge in [-0.2, -0.15) is 5.10 Å². The fourth-order valence-corrected chi connectivity index (χ4v) is 2.47. The average Bonchev–Trinajstić information content (AvgIpc) is 3.16. The van der Waals surface area contributed by atoms with E-state index in [1.54, 1.807) is 6.20 Å². The number of hydrogen-bond acceptors (Lipinski definition) is 2. The number of benzene rings is 1. The number of aryl methyl sites for hydroxylation is 1. The first kappa shape index (κ1) is 13.5. The molecule has 0 aliphatic carbocycles. The van der Waals surface area contributed by atoms with Crippen LogP contribution in [0.3, 0.4) is 0 Å². The molecule has 0 aliphatic rings. The van der Waals surface area contributed by atoms with Crippen molar-refractivity contribution < 1.29 is 0 Å². The molecule has 0 saturated carbocycles. The lowest BCUT2D eigenvalue weighted by Crippen LogP contribution is -2.06. The minimum absolute atomic E-state index is 0.799. The lowest BCUT2D eigenvalue weighted by atomic mass is 10.2. The van der Waals surface area contributed by atoms with E-state index in [2.05, 4.69) is 64.5 Å². The van der Waals surface area contributed by atoms with Crippen molar-refractivity contribution in [3.05, 3.63) is 72.3 Å². The largest absolute Gasteiger partial charge is 0.379 e. The SMILES string of the molecule is CCn1cccc1CNc1cccc(Cn2cccn2)c1. The van der Waals surface area contributed by atoms with Gasteiger partial charge in [-0.15, -0.1) is 0 Å². The molecule has 0 unspecified atom stereocenters. The highest BCUT2D eigenvalue weighted by atomic mass is 15.3. The van der Waals surface area contributed by atoms with E-state index in [1.807, 2.05) is 16.9 Å². The van der Waals surface area contributed by atoms with Crippen LogP contribution in [0, 0.1) is 0 Å². The molecule has 3 rings (SSSR count). The second-order valence-electron chi connectivity index (χ2n) is 5.04. The molecule has 0 saturated heterocycles. The van der Waals surface area contributed by atoms with Crippen molar-refractivity contribution >= 4 is 5.69 Å². The Morgan fingerprint density at radius 2 is 2.05 bits per heavy atom. The first-order chi connectivity index (χ1) is 10.3. The third kappa shape index (κ3) is 3.34. The standard InChI is InChI=1S/C17H20N4/c1-2-20-10-4-8-17(20)13-18-16-7-3-6-15(12-16)14-21-11-5-9-19-21/h3-12,18H,2,13-14H2,1H3. The van der Waals surface area contributed by atoms with Gasteiger partial charge >= 0.3 is 0 Å². The number of nitrogens with one attached hydrogen (secondary N) is 1. The summed E-state index contributed by atoms with van der Waals surface area (Å²) in [4.78, 5) is 0. The van der Waals surface area contributed by atoms with Gasteiger partial charge in [-0.05, 0) is 42.8 Å². The molecule has 108 valence electrons. The van der Waals surface area contributed by atoms with E-state index >= 15 is 0 Å². The molecule has 0 bridgehead atoms. The van der Waals surface area contributed by atoms with Crippen LogP contribution in [-0.2, 0) is 19.6 Å². The number of anilines is 1. The summed E-state index contributed by atoms with van der Waals surface area (Å²) in [6.07, 6.45) is 5.90. The summed E-state index contributed by atoms with van der Waals surface area (Å²) in [6, 6.07) is 14.7. The van der Waals surface area contributed by atoms with E-state index in [9.17, 15) is 0 Å².